The zero-order valence-electron chi connectivity index (χ0n) is 14.2. The number of ether oxygens (including phenoxy) is 2. The normalized spacial score (nSPS) is 10.0. The molecule has 1 heterocycles. The average Bonchev–Trinajstić information content (AvgIpc) is 2.66. The van der Waals surface area contributed by atoms with E-state index < -0.39 is 0 Å². The Kier molecular flexibility index (Phi) is 4.62. The Balaban J connectivity index is 2.13. The summed E-state index contributed by atoms with van der Waals surface area (Å²) in [4.78, 5) is 19.5. The number of aromatic nitrogens is 2. The van der Waals surface area contributed by atoms with Crippen molar-refractivity contribution < 1.29 is 14.3 Å². The Morgan fingerprint density at radius 1 is 1.00 bits per heavy atom. The summed E-state index contributed by atoms with van der Waals surface area (Å²) < 4.78 is 10.6. The minimum atomic E-state index is 0.585. The summed E-state index contributed by atoms with van der Waals surface area (Å²) in [6.45, 7) is 1.95. The third-order valence-electron chi connectivity index (χ3n) is 3.85. The Labute approximate surface area is 145 Å². The highest BCUT2D eigenvalue weighted by Gasteiger charge is 2.09. The van der Waals surface area contributed by atoms with Gasteiger partial charge in [-0.05, 0) is 30.5 Å². The molecule has 0 fully saturated rings. The third-order valence-corrected chi connectivity index (χ3v) is 3.85. The van der Waals surface area contributed by atoms with Crippen LogP contribution in [0.15, 0.2) is 36.7 Å². The van der Waals surface area contributed by atoms with E-state index in [-0.39, 0.29) is 0 Å². The van der Waals surface area contributed by atoms with Crippen LogP contribution in [0.25, 0.3) is 10.9 Å². The molecule has 0 unspecified atom stereocenters. The SMILES string of the molecule is COc1cc2ncnc(C#Cc3cc(C=O)ccc3C)c2cc1OC. The van der Waals surface area contributed by atoms with E-state index in [0.717, 1.165) is 28.3 Å². The molecule has 0 N–H and O–H groups in total. The van der Waals surface area contributed by atoms with E-state index in [1.165, 1.54) is 6.33 Å². The van der Waals surface area contributed by atoms with Gasteiger partial charge in [-0.15, -0.1) is 0 Å². The molecule has 0 spiro atoms. The van der Waals surface area contributed by atoms with Crippen LogP contribution >= 0.6 is 0 Å². The van der Waals surface area contributed by atoms with Gasteiger partial charge >= 0.3 is 0 Å². The maximum atomic E-state index is 11.0. The van der Waals surface area contributed by atoms with Crippen LogP contribution in [0, 0.1) is 18.8 Å². The highest BCUT2D eigenvalue weighted by Crippen LogP contribution is 2.31. The topological polar surface area (TPSA) is 61.3 Å². The molecule has 2 aromatic carbocycles. The standard InChI is InChI=1S/C20H16N2O3/c1-13-4-5-14(11-23)8-15(13)6-7-17-16-9-19(24-2)20(25-3)10-18(16)22-12-21-17/h4-5,8-12H,1-3H3. The molecule has 124 valence electrons. The summed E-state index contributed by atoms with van der Waals surface area (Å²) in [7, 11) is 3.15. The zero-order valence-corrected chi connectivity index (χ0v) is 14.2. The highest BCUT2D eigenvalue weighted by molar-refractivity contribution is 5.87. The van der Waals surface area contributed by atoms with Gasteiger partial charge in [-0.3, -0.25) is 4.79 Å². The zero-order chi connectivity index (χ0) is 17.8. The van der Waals surface area contributed by atoms with Gasteiger partial charge in [0.1, 0.15) is 18.3 Å². The molecule has 0 atom stereocenters. The molecule has 3 aromatic rings. The van der Waals surface area contributed by atoms with E-state index in [9.17, 15) is 4.79 Å². The molecule has 25 heavy (non-hydrogen) atoms. The van der Waals surface area contributed by atoms with Crippen LogP contribution in [-0.2, 0) is 0 Å². The van der Waals surface area contributed by atoms with E-state index in [1.54, 1.807) is 32.4 Å². The lowest BCUT2D eigenvalue weighted by molar-refractivity contribution is 0.112. The molecule has 0 bridgehead atoms. The molecule has 1 aromatic heterocycles. The largest absolute Gasteiger partial charge is 0.493 e. The van der Waals surface area contributed by atoms with Crippen LogP contribution in [0.2, 0.25) is 0 Å². The molecule has 5 heteroatoms. The van der Waals surface area contributed by atoms with Crippen molar-refractivity contribution in [2.75, 3.05) is 14.2 Å². The molecule has 0 aliphatic heterocycles. The summed E-state index contributed by atoms with van der Waals surface area (Å²) in [5, 5.41) is 0.775. The lowest BCUT2D eigenvalue weighted by Gasteiger charge is -2.09. The van der Waals surface area contributed by atoms with Gasteiger partial charge in [-0.1, -0.05) is 18.1 Å². The molecule has 0 aliphatic rings. The van der Waals surface area contributed by atoms with Gasteiger partial charge in [-0.2, -0.15) is 0 Å². The molecule has 5 nitrogen and oxygen atoms in total. The van der Waals surface area contributed by atoms with Crippen LogP contribution in [0.5, 0.6) is 11.5 Å². The number of nitrogens with zero attached hydrogens (tertiary/aromatic N) is 2. The summed E-state index contributed by atoms with van der Waals surface area (Å²) >= 11 is 0. The summed E-state index contributed by atoms with van der Waals surface area (Å²) in [5.74, 6) is 7.35. The van der Waals surface area contributed by atoms with Gasteiger partial charge in [0, 0.05) is 22.6 Å². The number of rotatable bonds is 3. The number of hydrogen-bond donors (Lipinski definition) is 0. The molecule has 0 radical (unpaired) electrons. The van der Waals surface area contributed by atoms with Crippen molar-refractivity contribution in [3.63, 3.8) is 0 Å². The van der Waals surface area contributed by atoms with Gasteiger partial charge in [0.25, 0.3) is 0 Å². The summed E-state index contributed by atoms with van der Waals surface area (Å²) in [6.07, 6.45) is 2.27. The van der Waals surface area contributed by atoms with Gasteiger partial charge in [0.15, 0.2) is 11.5 Å². The molecule has 0 saturated carbocycles. The second-order valence-corrected chi connectivity index (χ2v) is 5.39. The smallest absolute Gasteiger partial charge is 0.162 e. The van der Waals surface area contributed by atoms with Gasteiger partial charge in [0.2, 0.25) is 0 Å². The van der Waals surface area contributed by atoms with Crippen molar-refractivity contribution in [3.8, 4) is 23.3 Å². The van der Waals surface area contributed by atoms with E-state index in [4.69, 9.17) is 9.47 Å². The first kappa shape index (κ1) is 16.5. The number of aryl methyl sites for hydroxylation is 1. The van der Waals surface area contributed by atoms with Crippen LogP contribution in [-0.4, -0.2) is 30.5 Å². The fourth-order valence-corrected chi connectivity index (χ4v) is 2.46. The predicted molar refractivity (Wildman–Crippen MR) is 95.2 cm³/mol. The second-order valence-electron chi connectivity index (χ2n) is 5.39. The molecular formula is C20H16N2O3. The van der Waals surface area contributed by atoms with Gasteiger partial charge in [0.05, 0.1) is 19.7 Å². The van der Waals surface area contributed by atoms with Crippen LogP contribution in [0.1, 0.15) is 27.2 Å². The number of benzene rings is 2. The molecular weight excluding hydrogens is 316 g/mol. The van der Waals surface area contributed by atoms with Crippen LogP contribution in [0.3, 0.4) is 0 Å². The number of hydrogen-bond acceptors (Lipinski definition) is 5. The first-order valence-electron chi connectivity index (χ1n) is 7.61. The number of methoxy groups -OCH3 is 2. The number of fused-ring (bicyclic) bond motifs is 1. The second kappa shape index (κ2) is 7.02. The van der Waals surface area contributed by atoms with E-state index in [2.05, 4.69) is 21.8 Å². The van der Waals surface area contributed by atoms with Crippen LogP contribution in [0.4, 0.5) is 0 Å². The number of carbonyl (C=O) groups is 1. The molecule has 3 rings (SSSR count). The fraction of sp³-hybridized carbons (Fsp3) is 0.150. The number of aldehydes is 1. The minimum absolute atomic E-state index is 0.585. The first-order chi connectivity index (χ1) is 12.2. The Morgan fingerprint density at radius 3 is 2.48 bits per heavy atom. The average molecular weight is 332 g/mol. The van der Waals surface area contributed by atoms with E-state index in [0.29, 0.717) is 22.8 Å². The molecule has 0 amide bonds. The fourth-order valence-electron chi connectivity index (χ4n) is 2.46. The van der Waals surface area contributed by atoms with Crippen molar-refractivity contribution in [2.45, 2.75) is 6.92 Å². The first-order valence-corrected chi connectivity index (χ1v) is 7.61. The van der Waals surface area contributed by atoms with Gasteiger partial charge < -0.3 is 9.47 Å². The summed E-state index contributed by atoms with van der Waals surface area (Å²) in [5.41, 5.74) is 3.68. The molecule has 0 saturated heterocycles. The van der Waals surface area contributed by atoms with E-state index in [1.807, 2.05) is 19.1 Å². The predicted octanol–water partition coefficient (Wildman–Crippen LogP) is 3.17. The van der Waals surface area contributed by atoms with Crippen molar-refractivity contribution in [1.82, 2.24) is 9.97 Å². The van der Waals surface area contributed by atoms with Crippen molar-refractivity contribution >= 4 is 17.2 Å². The third kappa shape index (κ3) is 3.29. The Morgan fingerprint density at radius 2 is 1.76 bits per heavy atom. The van der Waals surface area contributed by atoms with Gasteiger partial charge in [-0.25, -0.2) is 9.97 Å². The summed E-state index contributed by atoms with van der Waals surface area (Å²) in [6, 6.07) is 9.01. The maximum Gasteiger partial charge on any atom is 0.162 e. The molecule has 0 aliphatic carbocycles. The Bertz CT molecular complexity index is 1020. The highest BCUT2D eigenvalue weighted by atomic mass is 16.5. The monoisotopic (exact) mass is 332 g/mol. The lowest BCUT2D eigenvalue weighted by Crippen LogP contribution is -1.94. The lowest BCUT2D eigenvalue weighted by atomic mass is 10.1. The van der Waals surface area contributed by atoms with E-state index >= 15 is 0 Å². The van der Waals surface area contributed by atoms with Crippen LogP contribution < -0.4 is 9.47 Å². The van der Waals surface area contributed by atoms with Crippen molar-refractivity contribution in [3.05, 3.63) is 59.0 Å². The Hall–Kier alpha value is -3.39. The maximum absolute atomic E-state index is 11.0. The quantitative estimate of drug-likeness (QED) is 0.544. The minimum Gasteiger partial charge on any atom is -0.493 e. The van der Waals surface area contributed by atoms with Crippen molar-refractivity contribution in [1.29, 1.82) is 0 Å². The number of carbonyl (C=O) groups excluding carboxylic acids is 1. The van der Waals surface area contributed by atoms with Crippen molar-refractivity contribution in [2.24, 2.45) is 0 Å².